The average Bonchev–Trinajstić information content (AvgIpc) is 2.60. The standard InChI is InChI=1S/C21H25NO2/c1-15-7-3-6-10-20(15)16(2)22-21(23)14-24-19-12-11-17-8-4-5-9-18(17)13-19/h3,6-7,10-13,16H,4-5,8-9,14H2,1-2H3,(H,22,23)/t16-/m0/s1. The third-order valence-corrected chi connectivity index (χ3v) is 4.72. The molecular weight excluding hydrogens is 298 g/mol. The largest absolute Gasteiger partial charge is 0.484 e. The lowest BCUT2D eigenvalue weighted by Gasteiger charge is -2.18. The second-order valence-electron chi connectivity index (χ2n) is 6.57. The van der Waals surface area contributed by atoms with Crippen molar-refractivity contribution in [2.24, 2.45) is 0 Å². The van der Waals surface area contributed by atoms with Gasteiger partial charge >= 0.3 is 0 Å². The van der Waals surface area contributed by atoms with Gasteiger partial charge in [0.2, 0.25) is 0 Å². The van der Waals surface area contributed by atoms with Gasteiger partial charge in [0.25, 0.3) is 5.91 Å². The topological polar surface area (TPSA) is 38.3 Å². The summed E-state index contributed by atoms with van der Waals surface area (Å²) < 4.78 is 5.69. The Morgan fingerprint density at radius 3 is 2.67 bits per heavy atom. The zero-order valence-electron chi connectivity index (χ0n) is 14.5. The van der Waals surface area contributed by atoms with Crippen LogP contribution in [-0.2, 0) is 17.6 Å². The van der Waals surface area contributed by atoms with E-state index >= 15 is 0 Å². The van der Waals surface area contributed by atoms with Gasteiger partial charge in [0.1, 0.15) is 5.75 Å². The van der Waals surface area contributed by atoms with Crippen LogP contribution in [0.2, 0.25) is 0 Å². The molecular formula is C21H25NO2. The maximum atomic E-state index is 12.2. The molecule has 0 unspecified atom stereocenters. The number of amides is 1. The SMILES string of the molecule is Cc1ccccc1[C@H](C)NC(=O)COc1ccc2c(c1)CCCC2. The van der Waals surface area contributed by atoms with Gasteiger partial charge in [-0.3, -0.25) is 4.79 Å². The van der Waals surface area contributed by atoms with Gasteiger partial charge in [-0.05, 0) is 73.9 Å². The number of nitrogens with one attached hydrogen (secondary N) is 1. The van der Waals surface area contributed by atoms with Gasteiger partial charge in [-0.15, -0.1) is 0 Å². The second-order valence-corrected chi connectivity index (χ2v) is 6.57. The summed E-state index contributed by atoms with van der Waals surface area (Å²) in [5.74, 6) is 0.692. The number of benzene rings is 2. The van der Waals surface area contributed by atoms with Crippen molar-refractivity contribution in [3.63, 3.8) is 0 Å². The fourth-order valence-corrected chi connectivity index (χ4v) is 3.38. The first-order chi connectivity index (χ1) is 11.6. The Morgan fingerprint density at radius 2 is 1.88 bits per heavy atom. The van der Waals surface area contributed by atoms with E-state index in [1.54, 1.807) is 0 Å². The highest BCUT2D eigenvalue weighted by Gasteiger charge is 2.13. The van der Waals surface area contributed by atoms with E-state index in [0.717, 1.165) is 24.2 Å². The minimum Gasteiger partial charge on any atom is -0.484 e. The average molecular weight is 323 g/mol. The van der Waals surface area contributed by atoms with E-state index in [9.17, 15) is 4.79 Å². The highest BCUT2D eigenvalue weighted by Crippen LogP contribution is 2.25. The molecule has 0 aromatic heterocycles. The number of rotatable bonds is 5. The monoisotopic (exact) mass is 323 g/mol. The van der Waals surface area contributed by atoms with E-state index in [0.29, 0.717) is 0 Å². The van der Waals surface area contributed by atoms with Crippen LogP contribution >= 0.6 is 0 Å². The van der Waals surface area contributed by atoms with E-state index in [4.69, 9.17) is 4.74 Å². The molecule has 1 atom stereocenters. The van der Waals surface area contributed by atoms with Crippen LogP contribution in [0.5, 0.6) is 5.75 Å². The van der Waals surface area contributed by atoms with E-state index in [-0.39, 0.29) is 18.6 Å². The molecule has 3 heteroatoms. The first-order valence-corrected chi connectivity index (χ1v) is 8.73. The lowest BCUT2D eigenvalue weighted by Crippen LogP contribution is -2.31. The maximum Gasteiger partial charge on any atom is 0.258 e. The molecule has 2 aromatic carbocycles. The Labute approximate surface area is 144 Å². The number of hydrogen-bond donors (Lipinski definition) is 1. The molecule has 3 rings (SSSR count). The molecule has 0 fully saturated rings. The van der Waals surface area contributed by atoms with Crippen LogP contribution in [0.25, 0.3) is 0 Å². The van der Waals surface area contributed by atoms with Crippen molar-refractivity contribution in [2.45, 2.75) is 45.6 Å². The molecule has 0 bridgehead atoms. The Bertz CT molecular complexity index is 724. The highest BCUT2D eigenvalue weighted by atomic mass is 16.5. The normalized spacial score (nSPS) is 14.6. The van der Waals surface area contributed by atoms with Crippen LogP contribution in [0, 0.1) is 6.92 Å². The minimum atomic E-state index is -0.0940. The summed E-state index contributed by atoms with van der Waals surface area (Å²) in [5, 5.41) is 3.01. The first kappa shape index (κ1) is 16.6. The van der Waals surface area contributed by atoms with Gasteiger partial charge in [0.05, 0.1) is 6.04 Å². The van der Waals surface area contributed by atoms with Crippen molar-refractivity contribution in [1.82, 2.24) is 5.32 Å². The smallest absolute Gasteiger partial charge is 0.258 e. The summed E-state index contributed by atoms with van der Waals surface area (Å²) in [5.41, 5.74) is 5.11. The quantitative estimate of drug-likeness (QED) is 0.898. The van der Waals surface area contributed by atoms with E-state index < -0.39 is 0 Å². The maximum absolute atomic E-state index is 12.2. The van der Waals surface area contributed by atoms with E-state index in [2.05, 4.69) is 30.4 Å². The molecule has 0 heterocycles. The molecule has 0 spiro atoms. The van der Waals surface area contributed by atoms with E-state index in [1.165, 1.54) is 29.5 Å². The second kappa shape index (κ2) is 7.52. The molecule has 126 valence electrons. The number of carbonyl (C=O) groups excluding carboxylic acids is 1. The Balaban J connectivity index is 1.55. The molecule has 24 heavy (non-hydrogen) atoms. The van der Waals surface area contributed by atoms with Gasteiger partial charge in [-0.25, -0.2) is 0 Å². The van der Waals surface area contributed by atoms with Crippen LogP contribution in [-0.4, -0.2) is 12.5 Å². The summed E-state index contributed by atoms with van der Waals surface area (Å²) in [6.45, 7) is 4.11. The van der Waals surface area contributed by atoms with Crippen LogP contribution in [0.3, 0.4) is 0 Å². The van der Waals surface area contributed by atoms with Crippen molar-refractivity contribution in [3.8, 4) is 5.75 Å². The summed E-state index contributed by atoms with van der Waals surface area (Å²) in [6, 6.07) is 14.3. The van der Waals surface area contributed by atoms with Crippen molar-refractivity contribution in [3.05, 3.63) is 64.7 Å². The third kappa shape index (κ3) is 3.97. The number of hydrogen-bond acceptors (Lipinski definition) is 2. The third-order valence-electron chi connectivity index (χ3n) is 4.72. The van der Waals surface area contributed by atoms with Gasteiger partial charge < -0.3 is 10.1 Å². The Hall–Kier alpha value is -2.29. The van der Waals surface area contributed by atoms with Crippen molar-refractivity contribution in [1.29, 1.82) is 0 Å². The molecule has 1 aliphatic carbocycles. The summed E-state index contributed by atoms with van der Waals surface area (Å²) in [7, 11) is 0. The molecule has 1 aliphatic rings. The fourth-order valence-electron chi connectivity index (χ4n) is 3.38. The van der Waals surface area contributed by atoms with Crippen LogP contribution < -0.4 is 10.1 Å². The lowest BCUT2D eigenvalue weighted by molar-refractivity contribution is -0.123. The number of aryl methyl sites for hydroxylation is 3. The van der Waals surface area contributed by atoms with E-state index in [1.807, 2.05) is 31.2 Å². The molecule has 2 aromatic rings. The molecule has 0 aliphatic heterocycles. The van der Waals surface area contributed by atoms with Crippen molar-refractivity contribution < 1.29 is 9.53 Å². The Kier molecular flexibility index (Phi) is 5.19. The zero-order valence-corrected chi connectivity index (χ0v) is 14.5. The molecule has 1 amide bonds. The Morgan fingerprint density at radius 1 is 1.12 bits per heavy atom. The van der Waals surface area contributed by atoms with Crippen molar-refractivity contribution in [2.75, 3.05) is 6.61 Å². The first-order valence-electron chi connectivity index (χ1n) is 8.73. The number of carbonyl (C=O) groups is 1. The highest BCUT2D eigenvalue weighted by molar-refractivity contribution is 5.78. The minimum absolute atomic E-state index is 0.0224. The molecule has 0 radical (unpaired) electrons. The number of fused-ring (bicyclic) bond motifs is 1. The lowest BCUT2D eigenvalue weighted by atomic mass is 9.92. The predicted octanol–water partition coefficient (Wildman–Crippen LogP) is 4.13. The summed E-state index contributed by atoms with van der Waals surface area (Å²) in [4.78, 5) is 12.2. The predicted molar refractivity (Wildman–Crippen MR) is 96.3 cm³/mol. The molecule has 3 nitrogen and oxygen atoms in total. The summed E-state index contributed by atoms with van der Waals surface area (Å²) >= 11 is 0. The van der Waals surface area contributed by atoms with Gasteiger partial charge in [0.15, 0.2) is 6.61 Å². The van der Waals surface area contributed by atoms with Crippen molar-refractivity contribution >= 4 is 5.91 Å². The molecule has 1 N–H and O–H groups in total. The van der Waals surface area contributed by atoms with Gasteiger partial charge in [0, 0.05) is 0 Å². The molecule has 0 saturated heterocycles. The van der Waals surface area contributed by atoms with Crippen LogP contribution in [0.15, 0.2) is 42.5 Å². The number of ether oxygens (including phenoxy) is 1. The molecule has 0 saturated carbocycles. The van der Waals surface area contributed by atoms with Crippen LogP contribution in [0.4, 0.5) is 0 Å². The zero-order chi connectivity index (χ0) is 16.9. The van der Waals surface area contributed by atoms with Gasteiger partial charge in [-0.1, -0.05) is 30.3 Å². The van der Waals surface area contributed by atoms with Gasteiger partial charge in [-0.2, -0.15) is 0 Å². The fraction of sp³-hybridized carbons (Fsp3) is 0.381. The summed E-state index contributed by atoms with van der Waals surface area (Å²) in [6.07, 6.45) is 4.78. The van der Waals surface area contributed by atoms with Crippen LogP contribution in [0.1, 0.15) is 48.1 Å².